The summed E-state index contributed by atoms with van der Waals surface area (Å²) >= 11 is 0. The van der Waals surface area contributed by atoms with E-state index in [0.29, 0.717) is 22.4 Å². The average molecular weight is 469 g/mol. The number of amides is 2. The van der Waals surface area contributed by atoms with E-state index in [1.165, 1.54) is 6.07 Å². The zero-order chi connectivity index (χ0) is 24.6. The SMILES string of the molecule is Cc1ccc(CNC(=O)c2ccccc2-c2ccccc2CNC(=O)Oc2ccccc2)c(F)c1. The van der Waals surface area contributed by atoms with E-state index in [4.69, 9.17) is 4.74 Å². The van der Waals surface area contributed by atoms with Crippen molar-refractivity contribution in [3.05, 3.63) is 125 Å². The largest absolute Gasteiger partial charge is 0.412 e. The molecule has 0 aliphatic heterocycles. The molecule has 2 N–H and O–H groups in total. The molecular weight excluding hydrogens is 443 g/mol. The third-order valence-electron chi connectivity index (χ3n) is 5.50. The molecule has 35 heavy (non-hydrogen) atoms. The smallest absolute Gasteiger partial charge is 0.410 e. The molecule has 0 bridgehead atoms. The van der Waals surface area contributed by atoms with Crippen molar-refractivity contribution in [1.29, 1.82) is 0 Å². The first kappa shape index (κ1) is 23.7. The first-order chi connectivity index (χ1) is 17.0. The Morgan fingerprint density at radius 2 is 1.40 bits per heavy atom. The first-order valence-corrected chi connectivity index (χ1v) is 11.2. The second-order valence-corrected chi connectivity index (χ2v) is 8.04. The number of hydrogen-bond donors (Lipinski definition) is 2. The maximum Gasteiger partial charge on any atom is 0.412 e. The number of ether oxygens (including phenoxy) is 1. The lowest BCUT2D eigenvalue weighted by atomic mass is 9.95. The van der Waals surface area contributed by atoms with Crippen molar-refractivity contribution in [2.24, 2.45) is 0 Å². The molecule has 2 amide bonds. The van der Waals surface area contributed by atoms with E-state index in [-0.39, 0.29) is 24.8 Å². The second-order valence-electron chi connectivity index (χ2n) is 8.04. The van der Waals surface area contributed by atoms with Gasteiger partial charge in [-0.05, 0) is 53.4 Å². The summed E-state index contributed by atoms with van der Waals surface area (Å²) in [5.41, 5.74) is 4.04. The molecule has 0 unspecified atom stereocenters. The van der Waals surface area contributed by atoms with Gasteiger partial charge in [-0.3, -0.25) is 4.79 Å². The average Bonchev–Trinajstić information content (AvgIpc) is 2.87. The number of carbonyl (C=O) groups excluding carboxylic acids is 2. The highest BCUT2D eigenvalue weighted by Crippen LogP contribution is 2.27. The van der Waals surface area contributed by atoms with Gasteiger partial charge in [-0.2, -0.15) is 0 Å². The summed E-state index contributed by atoms with van der Waals surface area (Å²) in [7, 11) is 0. The molecule has 4 rings (SSSR count). The minimum Gasteiger partial charge on any atom is -0.410 e. The van der Waals surface area contributed by atoms with E-state index in [9.17, 15) is 14.0 Å². The monoisotopic (exact) mass is 468 g/mol. The van der Waals surface area contributed by atoms with Gasteiger partial charge >= 0.3 is 6.09 Å². The van der Waals surface area contributed by atoms with E-state index in [1.807, 2.05) is 55.5 Å². The van der Waals surface area contributed by atoms with Crippen molar-refractivity contribution in [1.82, 2.24) is 10.6 Å². The van der Waals surface area contributed by atoms with Gasteiger partial charge in [-0.25, -0.2) is 9.18 Å². The number of carbonyl (C=O) groups is 2. The van der Waals surface area contributed by atoms with Gasteiger partial charge in [0.2, 0.25) is 0 Å². The molecule has 0 aromatic heterocycles. The Kier molecular flexibility index (Phi) is 7.53. The Balaban J connectivity index is 1.49. The van der Waals surface area contributed by atoms with Crippen LogP contribution in [0, 0.1) is 12.7 Å². The third kappa shape index (κ3) is 6.12. The summed E-state index contributed by atoms with van der Waals surface area (Å²) in [6.45, 7) is 2.11. The van der Waals surface area contributed by atoms with Crippen LogP contribution in [0.15, 0.2) is 97.1 Å². The van der Waals surface area contributed by atoms with Crippen molar-refractivity contribution >= 4 is 12.0 Å². The molecule has 0 fully saturated rings. The van der Waals surface area contributed by atoms with Gasteiger partial charge in [0.15, 0.2) is 0 Å². The van der Waals surface area contributed by atoms with Crippen molar-refractivity contribution in [2.45, 2.75) is 20.0 Å². The van der Waals surface area contributed by atoms with Gasteiger partial charge < -0.3 is 15.4 Å². The van der Waals surface area contributed by atoms with E-state index in [0.717, 1.165) is 16.7 Å². The fourth-order valence-corrected chi connectivity index (χ4v) is 3.72. The molecule has 0 saturated carbocycles. The van der Waals surface area contributed by atoms with Crippen LogP contribution in [0.25, 0.3) is 11.1 Å². The lowest BCUT2D eigenvalue weighted by Gasteiger charge is -2.15. The molecule has 0 spiro atoms. The Morgan fingerprint density at radius 1 is 0.743 bits per heavy atom. The van der Waals surface area contributed by atoms with Crippen LogP contribution in [-0.4, -0.2) is 12.0 Å². The van der Waals surface area contributed by atoms with Crippen LogP contribution in [0.2, 0.25) is 0 Å². The number of benzene rings is 4. The van der Waals surface area contributed by atoms with Gasteiger partial charge in [-0.1, -0.05) is 72.8 Å². The second kappa shape index (κ2) is 11.1. The highest BCUT2D eigenvalue weighted by Gasteiger charge is 2.16. The lowest BCUT2D eigenvalue weighted by molar-refractivity contribution is 0.0951. The maximum atomic E-state index is 14.2. The topological polar surface area (TPSA) is 67.4 Å². The van der Waals surface area contributed by atoms with E-state index >= 15 is 0 Å². The van der Waals surface area contributed by atoms with E-state index < -0.39 is 6.09 Å². The van der Waals surface area contributed by atoms with Crippen LogP contribution in [0.4, 0.5) is 9.18 Å². The molecule has 4 aromatic carbocycles. The van der Waals surface area contributed by atoms with Gasteiger partial charge in [0.05, 0.1) is 0 Å². The molecule has 6 heteroatoms. The molecule has 0 radical (unpaired) electrons. The molecule has 176 valence electrons. The zero-order valence-corrected chi connectivity index (χ0v) is 19.3. The van der Waals surface area contributed by atoms with Crippen LogP contribution >= 0.6 is 0 Å². The molecule has 0 saturated heterocycles. The Morgan fingerprint density at radius 3 is 2.17 bits per heavy atom. The molecule has 4 aromatic rings. The standard InChI is InChI=1S/C29H25FN2O3/c1-20-15-16-22(27(30)17-20)19-31-28(33)26-14-8-7-13-25(26)24-12-6-5-9-21(24)18-32-29(34)35-23-10-3-2-4-11-23/h2-17H,18-19H2,1H3,(H,31,33)(H,32,34). The summed E-state index contributed by atoms with van der Waals surface area (Å²) in [4.78, 5) is 25.3. The maximum absolute atomic E-state index is 14.2. The number of halogens is 1. The summed E-state index contributed by atoms with van der Waals surface area (Å²) < 4.78 is 19.5. The Bertz CT molecular complexity index is 1340. The van der Waals surface area contributed by atoms with Gasteiger partial charge in [-0.15, -0.1) is 0 Å². The number of hydrogen-bond acceptors (Lipinski definition) is 3. The summed E-state index contributed by atoms with van der Waals surface area (Å²) in [5, 5.41) is 5.57. The van der Waals surface area contributed by atoms with Crippen LogP contribution < -0.4 is 15.4 Å². The highest BCUT2D eigenvalue weighted by molar-refractivity contribution is 6.01. The zero-order valence-electron chi connectivity index (χ0n) is 19.3. The Hall–Kier alpha value is -4.45. The number of aryl methyl sites for hydroxylation is 1. The normalized spacial score (nSPS) is 10.5. The van der Waals surface area contributed by atoms with Crippen molar-refractivity contribution in [2.75, 3.05) is 0 Å². The van der Waals surface area contributed by atoms with E-state index in [2.05, 4.69) is 10.6 Å². The number of para-hydroxylation sites is 1. The molecular formula is C29H25FN2O3. The minimum atomic E-state index is -0.572. The minimum absolute atomic E-state index is 0.0772. The van der Waals surface area contributed by atoms with Gasteiger partial charge in [0, 0.05) is 24.2 Å². The predicted molar refractivity (Wildman–Crippen MR) is 133 cm³/mol. The fraction of sp³-hybridized carbons (Fsp3) is 0.103. The third-order valence-corrected chi connectivity index (χ3v) is 5.50. The van der Waals surface area contributed by atoms with Crippen LogP contribution in [0.1, 0.15) is 27.0 Å². The molecule has 0 atom stereocenters. The van der Waals surface area contributed by atoms with Crippen LogP contribution in [0.5, 0.6) is 5.75 Å². The molecule has 0 aliphatic rings. The summed E-state index contributed by atoms with van der Waals surface area (Å²) in [6.07, 6.45) is -0.572. The first-order valence-electron chi connectivity index (χ1n) is 11.2. The summed E-state index contributed by atoms with van der Waals surface area (Å²) in [5.74, 6) is -0.213. The fourth-order valence-electron chi connectivity index (χ4n) is 3.72. The molecule has 0 heterocycles. The van der Waals surface area contributed by atoms with Crippen molar-refractivity contribution in [3.8, 4) is 16.9 Å². The highest BCUT2D eigenvalue weighted by atomic mass is 19.1. The Labute approximate surface area is 203 Å². The van der Waals surface area contributed by atoms with Crippen molar-refractivity contribution < 1.29 is 18.7 Å². The quantitative estimate of drug-likeness (QED) is 0.349. The number of nitrogens with one attached hydrogen (secondary N) is 2. The lowest BCUT2D eigenvalue weighted by Crippen LogP contribution is -2.26. The molecule has 0 aliphatic carbocycles. The van der Waals surface area contributed by atoms with Gasteiger partial charge in [0.25, 0.3) is 5.91 Å². The van der Waals surface area contributed by atoms with Gasteiger partial charge in [0.1, 0.15) is 11.6 Å². The van der Waals surface area contributed by atoms with Crippen LogP contribution in [0.3, 0.4) is 0 Å². The predicted octanol–water partition coefficient (Wildman–Crippen LogP) is 6.02. The number of rotatable bonds is 7. The molecule has 5 nitrogen and oxygen atoms in total. The summed E-state index contributed by atoms with van der Waals surface area (Å²) in [6, 6.07) is 28.5. The van der Waals surface area contributed by atoms with E-state index in [1.54, 1.807) is 42.5 Å². The van der Waals surface area contributed by atoms with Crippen molar-refractivity contribution in [3.63, 3.8) is 0 Å². The van der Waals surface area contributed by atoms with Crippen LogP contribution in [-0.2, 0) is 13.1 Å².